The Morgan fingerprint density at radius 3 is 2.86 bits per heavy atom. The van der Waals surface area contributed by atoms with Gasteiger partial charge in [0.05, 0.1) is 11.7 Å². The fourth-order valence-electron chi connectivity index (χ4n) is 2.03. The number of aromatic nitrogens is 2. The number of benzene rings is 1. The first kappa shape index (κ1) is 13.8. The van der Waals surface area contributed by atoms with Crippen LogP contribution in [0.3, 0.4) is 0 Å². The molecule has 0 aliphatic heterocycles. The number of nitrogens with one attached hydrogen (secondary N) is 1. The molecule has 106 valence electrons. The maximum atomic E-state index is 5.74. The molecule has 0 saturated carbocycles. The van der Waals surface area contributed by atoms with E-state index in [1.807, 2.05) is 36.4 Å². The number of anilines is 1. The highest BCUT2D eigenvalue weighted by atomic mass is 79.9. The number of hydrogen-bond acceptors (Lipinski definition) is 5. The number of rotatable bonds is 4. The van der Waals surface area contributed by atoms with Gasteiger partial charge in [-0.05, 0) is 34.1 Å². The topological polar surface area (TPSA) is 73.1 Å². The number of para-hydroxylation sites is 1. The Balaban J connectivity index is 1.88. The van der Waals surface area contributed by atoms with Crippen LogP contribution in [0, 0.1) is 0 Å². The molecule has 0 bridgehead atoms. The normalized spacial score (nSPS) is 10.6. The van der Waals surface area contributed by atoms with Gasteiger partial charge in [-0.1, -0.05) is 18.2 Å². The zero-order chi connectivity index (χ0) is 14.7. The fraction of sp³-hybridized carbons (Fsp3) is 0.0667. The summed E-state index contributed by atoms with van der Waals surface area (Å²) >= 11 is 3.36. The van der Waals surface area contributed by atoms with Gasteiger partial charge < -0.3 is 10.2 Å². The highest BCUT2D eigenvalue weighted by Gasteiger charge is 2.07. The molecule has 0 saturated heterocycles. The second-order valence-electron chi connectivity index (χ2n) is 4.46. The van der Waals surface area contributed by atoms with Crippen LogP contribution in [0.2, 0.25) is 0 Å². The van der Waals surface area contributed by atoms with Crippen LogP contribution in [0.5, 0.6) is 5.75 Å². The van der Waals surface area contributed by atoms with Gasteiger partial charge in [0.15, 0.2) is 0 Å². The molecule has 2 heterocycles. The lowest BCUT2D eigenvalue weighted by atomic mass is 10.1. The second-order valence-corrected chi connectivity index (χ2v) is 5.38. The molecule has 21 heavy (non-hydrogen) atoms. The summed E-state index contributed by atoms with van der Waals surface area (Å²) in [5, 5.41) is 1.04. The minimum atomic E-state index is 0.357. The summed E-state index contributed by atoms with van der Waals surface area (Å²) in [4.78, 5) is 8.54. The van der Waals surface area contributed by atoms with Crippen molar-refractivity contribution < 1.29 is 4.74 Å². The molecular weight excluding hydrogens is 332 g/mol. The third-order valence-electron chi connectivity index (χ3n) is 3.01. The van der Waals surface area contributed by atoms with Gasteiger partial charge >= 0.3 is 0 Å². The Morgan fingerprint density at radius 1 is 1.19 bits per heavy atom. The average molecular weight is 345 g/mol. The van der Waals surface area contributed by atoms with Gasteiger partial charge in [-0.15, -0.1) is 0 Å². The molecule has 6 heteroatoms. The summed E-state index contributed by atoms with van der Waals surface area (Å²) in [6.45, 7) is 0.357. The number of ether oxygens (including phenoxy) is 1. The van der Waals surface area contributed by atoms with Crippen molar-refractivity contribution in [3.8, 4) is 5.75 Å². The number of nitrogens with zero attached hydrogens (tertiary/aromatic N) is 2. The summed E-state index contributed by atoms with van der Waals surface area (Å²) < 4.78 is 6.61. The molecule has 0 spiro atoms. The maximum absolute atomic E-state index is 5.74. The molecule has 5 nitrogen and oxygen atoms in total. The first-order valence-electron chi connectivity index (χ1n) is 6.35. The van der Waals surface area contributed by atoms with Crippen LogP contribution in [0.1, 0.15) is 5.56 Å². The molecule has 0 aliphatic rings. The zero-order valence-electron chi connectivity index (χ0n) is 11.1. The van der Waals surface area contributed by atoms with Gasteiger partial charge in [0, 0.05) is 21.6 Å². The van der Waals surface area contributed by atoms with Crippen molar-refractivity contribution >= 4 is 32.7 Å². The molecular formula is C15H13BrN4O. The number of halogens is 1. The van der Waals surface area contributed by atoms with Crippen LogP contribution < -0.4 is 16.0 Å². The zero-order valence-corrected chi connectivity index (χ0v) is 12.7. The standard InChI is InChI=1S/C15H13BrN4O/c16-12-6-13(8-18-7-12)21-9-11-5-10-3-1-2-4-14(10)19-15(11)20-17/h1-8H,9,17H2,(H,19,20). The van der Waals surface area contributed by atoms with Gasteiger partial charge in [-0.25, -0.2) is 10.8 Å². The molecule has 0 atom stereocenters. The van der Waals surface area contributed by atoms with E-state index >= 15 is 0 Å². The Kier molecular flexibility index (Phi) is 3.98. The van der Waals surface area contributed by atoms with Crippen molar-refractivity contribution in [3.63, 3.8) is 0 Å². The first-order valence-corrected chi connectivity index (χ1v) is 7.14. The van der Waals surface area contributed by atoms with Crippen molar-refractivity contribution in [1.82, 2.24) is 9.97 Å². The molecule has 0 amide bonds. The van der Waals surface area contributed by atoms with E-state index in [4.69, 9.17) is 10.6 Å². The molecule has 3 aromatic rings. The molecule has 2 aromatic heterocycles. The monoisotopic (exact) mass is 344 g/mol. The van der Waals surface area contributed by atoms with Crippen LogP contribution in [-0.2, 0) is 6.61 Å². The quantitative estimate of drug-likeness (QED) is 0.561. The fourth-order valence-corrected chi connectivity index (χ4v) is 2.37. The Hall–Kier alpha value is -2.18. The van der Waals surface area contributed by atoms with Crippen LogP contribution in [0.4, 0.5) is 5.82 Å². The van der Waals surface area contributed by atoms with Crippen molar-refractivity contribution in [2.45, 2.75) is 6.61 Å². The molecule has 0 fully saturated rings. The molecule has 3 rings (SSSR count). The minimum absolute atomic E-state index is 0.357. The Morgan fingerprint density at radius 2 is 2.05 bits per heavy atom. The van der Waals surface area contributed by atoms with Gasteiger partial charge in [0.25, 0.3) is 0 Å². The van der Waals surface area contributed by atoms with E-state index in [2.05, 4.69) is 31.3 Å². The number of nitrogens with two attached hydrogens (primary N) is 1. The first-order chi connectivity index (χ1) is 10.3. The summed E-state index contributed by atoms with van der Waals surface area (Å²) in [7, 11) is 0. The molecule has 1 aromatic carbocycles. The summed E-state index contributed by atoms with van der Waals surface area (Å²) in [5.74, 6) is 6.84. The van der Waals surface area contributed by atoms with Gasteiger partial charge in [-0.3, -0.25) is 4.98 Å². The Labute approximate surface area is 130 Å². The van der Waals surface area contributed by atoms with E-state index in [0.29, 0.717) is 18.2 Å². The van der Waals surface area contributed by atoms with E-state index in [9.17, 15) is 0 Å². The van der Waals surface area contributed by atoms with Crippen molar-refractivity contribution in [1.29, 1.82) is 0 Å². The predicted octanol–water partition coefficient (Wildman–Crippen LogP) is 3.26. The van der Waals surface area contributed by atoms with Gasteiger partial charge in [0.2, 0.25) is 0 Å². The number of hydrogen-bond donors (Lipinski definition) is 2. The van der Waals surface area contributed by atoms with E-state index in [1.165, 1.54) is 0 Å². The van der Waals surface area contributed by atoms with Crippen molar-refractivity contribution in [2.24, 2.45) is 5.84 Å². The van der Waals surface area contributed by atoms with Crippen LogP contribution in [-0.4, -0.2) is 9.97 Å². The van der Waals surface area contributed by atoms with Crippen LogP contribution in [0.25, 0.3) is 10.9 Å². The SMILES string of the molecule is NNc1nc2ccccc2cc1COc1cncc(Br)c1. The minimum Gasteiger partial charge on any atom is -0.487 e. The summed E-state index contributed by atoms with van der Waals surface area (Å²) in [6.07, 6.45) is 3.37. The van der Waals surface area contributed by atoms with E-state index < -0.39 is 0 Å². The molecule has 0 aliphatic carbocycles. The number of hydrazine groups is 1. The number of fused-ring (bicyclic) bond motifs is 1. The maximum Gasteiger partial charge on any atom is 0.147 e. The van der Waals surface area contributed by atoms with E-state index in [0.717, 1.165) is 20.9 Å². The highest BCUT2D eigenvalue weighted by molar-refractivity contribution is 9.10. The molecule has 0 unspecified atom stereocenters. The lowest BCUT2D eigenvalue weighted by Crippen LogP contribution is -2.12. The molecule has 3 N–H and O–H groups in total. The Bertz CT molecular complexity index is 778. The lowest BCUT2D eigenvalue weighted by molar-refractivity contribution is 0.305. The second kappa shape index (κ2) is 6.07. The predicted molar refractivity (Wildman–Crippen MR) is 85.8 cm³/mol. The van der Waals surface area contributed by atoms with Gasteiger partial charge in [0.1, 0.15) is 18.2 Å². The third-order valence-corrected chi connectivity index (χ3v) is 3.45. The number of pyridine rings is 2. The van der Waals surface area contributed by atoms with Gasteiger partial charge in [-0.2, -0.15) is 0 Å². The largest absolute Gasteiger partial charge is 0.487 e. The van der Waals surface area contributed by atoms with Crippen molar-refractivity contribution in [2.75, 3.05) is 5.43 Å². The smallest absolute Gasteiger partial charge is 0.147 e. The third kappa shape index (κ3) is 3.12. The summed E-state index contributed by atoms with van der Waals surface area (Å²) in [6, 6.07) is 11.7. The lowest BCUT2D eigenvalue weighted by Gasteiger charge is -2.11. The van der Waals surface area contributed by atoms with E-state index in [-0.39, 0.29) is 0 Å². The van der Waals surface area contributed by atoms with Crippen LogP contribution in [0.15, 0.2) is 53.3 Å². The van der Waals surface area contributed by atoms with Crippen LogP contribution >= 0.6 is 15.9 Å². The average Bonchev–Trinajstić information content (AvgIpc) is 2.52. The summed E-state index contributed by atoms with van der Waals surface area (Å²) in [5.41, 5.74) is 4.39. The molecule has 0 radical (unpaired) electrons. The van der Waals surface area contributed by atoms with E-state index in [1.54, 1.807) is 12.4 Å². The van der Waals surface area contributed by atoms with Crippen molar-refractivity contribution in [3.05, 3.63) is 58.8 Å². The number of nitrogen functional groups attached to an aromatic ring is 1. The highest BCUT2D eigenvalue weighted by Crippen LogP contribution is 2.22.